The van der Waals surface area contributed by atoms with Crippen molar-refractivity contribution in [2.45, 2.75) is 0 Å². The number of halogens is 1. The highest BCUT2D eigenvalue weighted by Crippen LogP contribution is 2.33. The lowest BCUT2D eigenvalue weighted by molar-refractivity contribution is -0.385. The van der Waals surface area contributed by atoms with Gasteiger partial charge in [0.2, 0.25) is 5.75 Å². The smallest absolute Gasteiger partial charge is 0.313 e. The van der Waals surface area contributed by atoms with Gasteiger partial charge in [-0.2, -0.15) is 0 Å². The van der Waals surface area contributed by atoms with E-state index in [0.717, 1.165) is 0 Å². The van der Waals surface area contributed by atoms with Crippen LogP contribution in [0.3, 0.4) is 0 Å². The van der Waals surface area contributed by atoms with Gasteiger partial charge in [-0.15, -0.1) is 0 Å². The second-order valence-electron chi connectivity index (χ2n) is 5.32. The van der Waals surface area contributed by atoms with Crippen molar-refractivity contribution in [3.05, 3.63) is 93.5 Å². The zero-order valence-corrected chi connectivity index (χ0v) is 14.1. The minimum absolute atomic E-state index is 0.0703. The van der Waals surface area contributed by atoms with Crippen LogP contribution in [0, 0.1) is 10.1 Å². The van der Waals surface area contributed by atoms with Crippen LogP contribution in [0.4, 0.5) is 11.4 Å². The SMILES string of the molecule is O=C(Nc1ccccc1)c1ccc(Oc2ccc(Cl)cc2[N+](=O)[O-])cc1. The lowest BCUT2D eigenvalue weighted by Crippen LogP contribution is -2.11. The van der Waals surface area contributed by atoms with Gasteiger partial charge < -0.3 is 10.1 Å². The van der Waals surface area contributed by atoms with Crippen molar-refractivity contribution in [1.82, 2.24) is 0 Å². The second-order valence-corrected chi connectivity index (χ2v) is 5.75. The van der Waals surface area contributed by atoms with Crippen molar-refractivity contribution in [3.63, 3.8) is 0 Å². The third-order valence-electron chi connectivity index (χ3n) is 3.49. The van der Waals surface area contributed by atoms with Crippen molar-refractivity contribution < 1.29 is 14.5 Å². The molecule has 0 atom stereocenters. The van der Waals surface area contributed by atoms with Gasteiger partial charge in [-0.25, -0.2) is 0 Å². The number of carbonyl (C=O) groups excluding carboxylic acids is 1. The standard InChI is InChI=1S/C19H13ClN2O4/c20-14-8-11-18(17(12-14)22(24)25)26-16-9-6-13(7-10-16)19(23)21-15-4-2-1-3-5-15/h1-12H,(H,21,23). The van der Waals surface area contributed by atoms with Gasteiger partial charge in [0.05, 0.1) is 4.92 Å². The third-order valence-corrected chi connectivity index (χ3v) is 3.73. The summed E-state index contributed by atoms with van der Waals surface area (Å²) in [7, 11) is 0. The average molecular weight is 369 g/mol. The Bertz CT molecular complexity index is 944. The van der Waals surface area contributed by atoms with Crippen molar-refractivity contribution in [3.8, 4) is 11.5 Å². The molecule has 3 rings (SSSR count). The van der Waals surface area contributed by atoms with E-state index >= 15 is 0 Å². The Hall–Kier alpha value is -3.38. The van der Waals surface area contributed by atoms with Crippen LogP contribution >= 0.6 is 11.6 Å². The van der Waals surface area contributed by atoms with E-state index in [1.54, 1.807) is 36.4 Å². The number of rotatable bonds is 5. The van der Waals surface area contributed by atoms with E-state index in [0.29, 0.717) is 17.0 Å². The molecule has 0 bridgehead atoms. The number of para-hydroxylation sites is 1. The molecule has 130 valence electrons. The van der Waals surface area contributed by atoms with Gasteiger partial charge >= 0.3 is 5.69 Å². The molecule has 26 heavy (non-hydrogen) atoms. The van der Waals surface area contributed by atoms with Crippen LogP contribution < -0.4 is 10.1 Å². The highest BCUT2D eigenvalue weighted by molar-refractivity contribution is 6.30. The lowest BCUT2D eigenvalue weighted by Gasteiger charge is -2.08. The quantitative estimate of drug-likeness (QED) is 0.489. The Morgan fingerprint density at radius 1 is 1.00 bits per heavy atom. The average Bonchev–Trinajstić information content (AvgIpc) is 2.64. The predicted molar refractivity (Wildman–Crippen MR) is 99.0 cm³/mol. The second kappa shape index (κ2) is 7.67. The molecule has 3 aromatic carbocycles. The molecule has 0 spiro atoms. The third kappa shape index (κ3) is 4.17. The molecule has 0 unspecified atom stereocenters. The Labute approximate surface area is 154 Å². The molecule has 1 amide bonds. The van der Waals surface area contributed by atoms with Crippen LogP contribution in [0.2, 0.25) is 5.02 Å². The number of hydrogen-bond acceptors (Lipinski definition) is 4. The molecule has 0 radical (unpaired) electrons. The molecule has 0 aromatic heterocycles. The number of anilines is 1. The van der Waals surface area contributed by atoms with E-state index in [2.05, 4.69) is 5.32 Å². The van der Waals surface area contributed by atoms with E-state index < -0.39 is 4.92 Å². The topological polar surface area (TPSA) is 81.5 Å². The van der Waals surface area contributed by atoms with Gasteiger partial charge in [0.15, 0.2) is 0 Å². The molecule has 0 saturated carbocycles. The first kappa shape index (κ1) is 17.4. The van der Waals surface area contributed by atoms with Crippen LogP contribution in [0.25, 0.3) is 0 Å². The first-order valence-electron chi connectivity index (χ1n) is 7.61. The molecule has 0 aliphatic heterocycles. The summed E-state index contributed by atoms with van der Waals surface area (Å²) in [6.07, 6.45) is 0. The summed E-state index contributed by atoms with van der Waals surface area (Å²) in [5.74, 6) is 0.174. The maximum absolute atomic E-state index is 12.2. The van der Waals surface area contributed by atoms with Crippen LogP contribution in [-0.2, 0) is 0 Å². The molecule has 1 N–H and O–H groups in total. The number of nitrogens with zero attached hydrogens (tertiary/aromatic N) is 1. The molecule has 0 aliphatic carbocycles. The summed E-state index contributed by atoms with van der Waals surface area (Å²) in [4.78, 5) is 22.7. The van der Waals surface area contributed by atoms with Crippen molar-refractivity contribution in [1.29, 1.82) is 0 Å². The highest BCUT2D eigenvalue weighted by atomic mass is 35.5. The van der Waals surface area contributed by atoms with Crippen molar-refractivity contribution in [2.24, 2.45) is 0 Å². The van der Waals surface area contributed by atoms with E-state index in [4.69, 9.17) is 16.3 Å². The van der Waals surface area contributed by atoms with E-state index in [9.17, 15) is 14.9 Å². The molecule has 0 aliphatic rings. The zero-order chi connectivity index (χ0) is 18.5. The molecular formula is C19H13ClN2O4. The fourth-order valence-electron chi connectivity index (χ4n) is 2.25. The Kier molecular flexibility index (Phi) is 5.15. The van der Waals surface area contributed by atoms with Gasteiger partial charge in [-0.05, 0) is 48.5 Å². The molecule has 0 fully saturated rings. The normalized spacial score (nSPS) is 10.2. The summed E-state index contributed by atoms with van der Waals surface area (Å²) in [6, 6.07) is 19.5. The Balaban J connectivity index is 1.74. The van der Waals surface area contributed by atoms with Crippen LogP contribution in [0.15, 0.2) is 72.8 Å². The number of nitrogens with one attached hydrogen (secondary N) is 1. The number of benzene rings is 3. The summed E-state index contributed by atoms with van der Waals surface area (Å²) in [5.41, 5.74) is 0.893. The Morgan fingerprint density at radius 2 is 1.69 bits per heavy atom. The number of hydrogen-bond donors (Lipinski definition) is 1. The molecule has 6 nitrogen and oxygen atoms in total. The molecule has 0 heterocycles. The number of nitro groups is 1. The maximum atomic E-state index is 12.2. The van der Waals surface area contributed by atoms with Gasteiger partial charge in [0.1, 0.15) is 5.75 Å². The predicted octanol–water partition coefficient (Wildman–Crippen LogP) is 5.29. The number of carbonyl (C=O) groups is 1. The van der Waals surface area contributed by atoms with Crippen LogP contribution in [0.1, 0.15) is 10.4 Å². The molecule has 0 saturated heterocycles. The number of nitro benzene ring substituents is 1. The van der Waals surface area contributed by atoms with Crippen molar-refractivity contribution >= 4 is 28.9 Å². The largest absolute Gasteiger partial charge is 0.450 e. The van der Waals surface area contributed by atoms with E-state index in [1.165, 1.54) is 18.2 Å². The zero-order valence-electron chi connectivity index (χ0n) is 13.4. The first-order chi connectivity index (χ1) is 12.5. The minimum atomic E-state index is -0.567. The van der Waals surface area contributed by atoms with E-state index in [-0.39, 0.29) is 22.4 Å². The molecule has 7 heteroatoms. The summed E-state index contributed by atoms with van der Waals surface area (Å²) < 4.78 is 5.55. The van der Waals surface area contributed by atoms with Gasteiger partial charge in [-0.3, -0.25) is 14.9 Å². The maximum Gasteiger partial charge on any atom is 0.313 e. The summed E-state index contributed by atoms with van der Waals surface area (Å²) in [5, 5.41) is 14.1. The summed E-state index contributed by atoms with van der Waals surface area (Å²) >= 11 is 5.78. The summed E-state index contributed by atoms with van der Waals surface area (Å²) in [6.45, 7) is 0. The van der Waals surface area contributed by atoms with Gasteiger partial charge in [0, 0.05) is 22.3 Å². The lowest BCUT2D eigenvalue weighted by atomic mass is 10.2. The van der Waals surface area contributed by atoms with Crippen LogP contribution in [0.5, 0.6) is 11.5 Å². The fourth-order valence-corrected chi connectivity index (χ4v) is 2.41. The van der Waals surface area contributed by atoms with Crippen molar-refractivity contribution in [2.75, 3.05) is 5.32 Å². The molecular weight excluding hydrogens is 356 g/mol. The first-order valence-corrected chi connectivity index (χ1v) is 7.99. The van der Waals surface area contributed by atoms with Gasteiger partial charge in [0.25, 0.3) is 5.91 Å². The molecule has 3 aromatic rings. The van der Waals surface area contributed by atoms with E-state index in [1.807, 2.05) is 18.2 Å². The number of ether oxygens (including phenoxy) is 1. The van der Waals surface area contributed by atoms with Gasteiger partial charge in [-0.1, -0.05) is 29.8 Å². The fraction of sp³-hybridized carbons (Fsp3) is 0. The highest BCUT2D eigenvalue weighted by Gasteiger charge is 2.16. The Morgan fingerprint density at radius 3 is 2.35 bits per heavy atom. The number of amides is 1. The minimum Gasteiger partial charge on any atom is -0.450 e. The van der Waals surface area contributed by atoms with Crippen LogP contribution in [-0.4, -0.2) is 10.8 Å². The monoisotopic (exact) mass is 368 g/mol.